The number of hydrogen-bond acceptors (Lipinski definition) is 3. The fraction of sp³-hybridized carbons (Fsp3) is 0.222. The third-order valence-corrected chi connectivity index (χ3v) is 3.36. The summed E-state index contributed by atoms with van der Waals surface area (Å²) in [7, 11) is 0. The van der Waals surface area contributed by atoms with E-state index in [1.54, 1.807) is 38.1 Å². The Balaban J connectivity index is 2.25. The number of amides is 1. The highest BCUT2D eigenvalue weighted by atomic mass is 16.5. The monoisotopic (exact) mass is 297 g/mol. The van der Waals surface area contributed by atoms with Gasteiger partial charge in [-0.05, 0) is 50.6 Å². The Kier molecular flexibility index (Phi) is 4.94. The molecular formula is C18H19NO3. The second-order valence-electron chi connectivity index (χ2n) is 5.02. The highest BCUT2D eigenvalue weighted by Gasteiger charge is 2.14. The van der Waals surface area contributed by atoms with Crippen molar-refractivity contribution in [3.63, 3.8) is 0 Å². The van der Waals surface area contributed by atoms with Crippen LogP contribution in [0, 0.1) is 13.8 Å². The van der Waals surface area contributed by atoms with E-state index in [1.807, 2.05) is 25.1 Å². The Morgan fingerprint density at radius 2 is 1.82 bits per heavy atom. The summed E-state index contributed by atoms with van der Waals surface area (Å²) in [6, 6.07) is 12.5. The van der Waals surface area contributed by atoms with Crippen molar-refractivity contribution in [1.82, 2.24) is 0 Å². The molecule has 1 N–H and O–H groups in total. The Hall–Kier alpha value is -2.62. The molecule has 0 aliphatic heterocycles. The molecule has 0 heterocycles. The second kappa shape index (κ2) is 6.89. The van der Waals surface area contributed by atoms with Crippen LogP contribution in [0.2, 0.25) is 0 Å². The van der Waals surface area contributed by atoms with Gasteiger partial charge in [-0.2, -0.15) is 0 Å². The number of carbonyl (C=O) groups is 2. The maximum atomic E-state index is 12.3. The summed E-state index contributed by atoms with van der Waals surface area (Å²) in [5.41, 5.74) is 3.37. The molecule has 0 atom stereocenters. The fourth-order valence-corrected chi connectivity index (χ4v) is 2.18. The molecule has 1 amide bonds. The van der Waals surface area contributed by atoms with Crippen LogP contribution in [0.1, 0.15) is 38.8 Å². The number of carbonyl (C=O) groups excluding carboxylic acids is 2. The summed E-state index contributed by atoms with van der Waals surface area (Å²) in [4.78, 5) is 24.2. The van der Waals surface area contributed by atoms with E-state index in [0.717, 1.165) is 5.56 Å². The first-order valence-corrected chi connectivity index (χ1v) is 7.17. The van der Waals surface area contributed by atoms with Crippen LogP contribution >= 0.6 is 0 Å². The molecule has 0 radical (unpaired) electrons. The van der Waals surface area contributed by atoms with E-state index in [-0.39, 0.29) is 11.9 Å². The van der Waals surface area contributed by atoms with Gasteiger partial charge in [-0.15, -0.1) is 0 Å². The maximum absolute atomic E-state index is 12.3. The van der Waals surface area contributed by atoms with Gasteiger partial charge in [-0.3, -0.25) is 4.79 Å². The molecule has 4 heteroatoms. The third kappa shape index (κ3) is 3.52. The number of hydrogen-bond donors (Lipinski definition) is 1. The minimum absolute atomic E-state index is 0.201. The predicted molar refractivity (Wildman–Crippen MR) is 86.3 cm³/mol. The zero-order valence-corrected chi connectivity index (χ0v) is 13.0. The number of esters is 1. The van der Waals surface area contributed by atoms with E-state index in [0.29, 0.717) is 29.0 Å². The minimum atomic E-state index is -0.383. The standard InChI is InChI=1S/C18H19NO3/c1-4-22-18(21)15-9-6-10-16(13(15)3)19-17(20)14-8-5-7-12(2)11-14/h5-11H,4H2,1-3H3,(H,19,20). The zero-order chi connectivity index (χ0) is 16.1. The van der Waals surface area contributed by atoms with Crippen molar-refractivity contribution in [1.29, 1.82) is 0 Å². The van der Waals surface area contributed by atoms with Crippen LogP contribution in [-0.2, 0) is 4.74 Å². The first-order valence-electron chi connectivity index (χ1n) is 7.17. The van der Waals surface area contributed by atoms with Gasteiger partial charge in [0.2, 0.25) is 0 Å². The summed E-state index contributed by atoms with van der Waals surface area (Å²) in [5.74, 6) is -0.584. The molecule has 0 bridgehead atoms. The number of nitrogens with one attached hydrogen (secondary N) is 1. The van der Waals surface area contributed by atoms with Gasteiger partial charge in [0.15, 0.2) is 0 Å². The van der Waals surface area contributed by atoms with Gasteiger partial charge >= 0.3 is 5.97 Å². The normalized spacial score (nSPS) is 10.1. The van der Waals surface area contributed by atoms with Crippen LogP contribution in [0.5, 0.6) is 0 Å². The van der Waals surface area contributed by atoms with Crippen molar-refractivity contribution >= 4 is 17.6 Å². The van der Waals surface area contributed by atoms with E-state index in [2.05, 4.69) is 5.32 Å². The van der Waals surface area contributed by atoms with Crippen LogP contribution in [0.3, 0.4) is 0 Å². The quantitative estimate of drug-likeness (QED) is 0.875. The van der Waals surface area contributed by atoms with Crippen molar-refractivity contribution in [3.05, 3.63) is 64.7 Å². The van der Waals surface area contributed by atoms with Gasteiger partial charge in [-0.25, -0.2) is 4.79 Å². The number of ether oxygens (including phenoxy) is 1. The molecule has 4 nitrogen and oxygen atoms in total. The molecule has 2 aromatic rings. The molecule has 0 fully saturated rings. The van der Waals surface area contributed by atoms with E-state index in [1.165, 1.54) is 0 Å². The van der Waals surface area contributed by atoms with Gasteiger partial charge < -0.3 is 10.1 Å². The van der Waals surface area contributed by atoms with Crippen molar-refractivity contribution in [2.45, 2.75) is 20.8 Å². The maximum Gasteiger partial charge on any atom is 0.338 e. The average Bonchev–Trinajstić information content (AvgIpc) is 2.49. The number of anilines is 1. The molecule has 0 aliphatic rings. The molecule has 2 aromatic carbocycles. The number of rotatable bonds is 4. The lowest BCUT2D eigenvalue weighted by Crippen LogP contribution is -2.15. The summed E-state index contributed by atoms with van der Waals surface area (Å²) < 4.78 is 5.02. The van der Waals surface area contributed by atoms with E-state index < -0.39 is 0 Å². The lowest BCUT2D eigenvalue weighted by atomic mass is 10.1. The van der Waals surface area contributed by atoms with Gasteiger partial charge in [0.05, 0.1) is 12.2 Å². The Bertz CT molecular complexity index is 707. The summed E-state index contributed by atoms with van der Waals surface area (Å²) in [5, 5.41) is 2.84. The molecule has 0 unspecified atom stereocenters. The highest BCUT2D eigenvalue weighted by molar-refractivity contribution is 6.05. The minimum Gasteiger partial charge on any atom is -0.462 e. The van der Waals surface area contributed by atoms with Gasteiger partial charge in [0, 0.05) is 11.3 Å². The second-order valence-corrected chi connectivity index (χ2v) is 5.02. The Labute approximate surface area is 130 Å². The third-order valence-electron chi connectivity index (χ3n) is 3.36. The first kappa shape index (κ1) is 15.8. The van der Waals surface area contributed by atoms with Crippen molar-refractivity contribution < 1.29 is 14.3 Å². The van der Waals surface area contributed by atoms with E-state index in [4.69, 9.17) is 4.74 Å². The molecule has 22 heavy (non-hydrogen) atoms. The molecule has 2 rings (SSSR count). The molecule has 0 saturated carbocycles. The summed E-state index contributed by atoms with van der Waals surface area (Å²) in [6.45, 7) is 5.80. The zero-order valence-electron chi connectivity index (χ0n) is 13.0. The van der Waals surface area contributed by atoms with Crippen LogP contribution in [0.4, 0.5) is 5.69 Å². The predicted octanol–water partition coefficient (Wildman–Crippen LogP) is 3.73. The van der Waals surface area contributed by atoms with Crippen molar-refractivity contribution in [2.75, 3.05) is 11.9 Å². The molecular weight excluding hydrogens is 278 g/mol. The lowest BCUT2D eigenvalue weighted by Gasteiger charge is -2.12. The SMILES string of the molecule is CCOC(=O)c1cccc(NC(=O)c2cccc(C)c2)c1C. The number of aryl methyl sites for hydroxylation is 1. The fourth-order valence-electron chi connectivity index (χ4n) is 2.18. The molecule has 0 saturated heterocycles. The van der Waals surface area contributed by atoms with Crippen LogP contribution in [0.15, 0.2) is 42.5 Å². The van der Waals surface area contributed by atoms with Gasteiger partial charge in [0.25, 0.3) is 5.91 Å². The van der Waals surface area contributed by atoms with E-state index >= 15 is 0 Å². The van der Waals surface area contributed by atoms with Gasteiger partial charge in [0.1, 0.15) is 0 Å². The topological polar surface area (TPSA) is 55.4 Å². The summed E-state index contributed by atoms with van der Waals surface area (Å²) in [6.07, 6.45) is 0. The average molecular weight is 297 g/mol. The lowest BCUT2D eigenvalue weighted by molar-refractivity contribution is 0.0525. The van der Waals surface area contributed by atoms with Crippen molar-refractivity contribution in [2.24, 2.45) is 0 Å². The highest BCUT2D eigenvalue weighted by Crippen LogP contribution is 2.20. The van der Waals surface area contributed by atoms with Gasteiger partial charge in [-0.1, -0.05) is 23.8 Å². The molecule has 0 aliphatic carbocycles. The largest absolute Gasteiger partial charge is 0.462 e. The number of benzene rings is 2. The molecule has 0 aromatic heterocycles. The van der Waals surface area contributed by atoms with Crippen LogP contribution in [0.25, 0.3) is 0 Å². The molecule has 114 valence electrons. The summed E-state index contributed by atoms with van der Waals surface area (Å²) >= 11 is 0. The van der Waals surface area contributed by atoms with Crippen LogP contribution in [-0.4, -0.2) is 18.5 Å². The smallest absolute Gasteiger partial charge is 0.338 e. The Morgan fingerprint density at radius 1 is 1.09 bits per heavy atom. The van der Waals surface area contributed by atoms with Crippen molar-refractivity contribution in [3.8, 4) is 0 Å². The Morgan fingerprint density at radius 3 is 2.50 bits per heavy atom. The first-order chi connectivity index (χ1) is 10.5. The van der Waals surface area contributed by atoms with Crippen LogP contribution < -0.4 is 5.32 Å². The molecule has 0 spiro atoms. The van der Waals surface area contributed by atoms with E-state index in [9.17, 15) is 9.59 Å².